The third-order valence-corrected chi connectivity index (χ3v) is 2.56. The van der Waals surface area contributed by atoms with E-state index in [4.69, 9.17) is 10.5 Å². The van der Waals surface area contributed by atoms with Crippen molar-refractivity contribution in [3.8, 4) is 0 Å². The zero-order valence-corrected chi connectivity index (χ0v) is 9.18. The van der Waals surface area contributed by atoms with Crippen molar-refractivity contribution >= 4 is 23.0 Å². The number of esters is 1. The van der Waals surface area contributed by atoms with Crippen LogP contribution in [0.1, 0.15) is 4.88 Å². The molecule has 0 bridgehead atoms. The molecule has 84 valence electrons. The minimum absolute atomic E-state index is 0.0655. The fourth-order valence-electron chi connectivity index (χ4n) is 1.11. The maximum Gasteiger partial charge on any atom is 0.328 e. The number of carbonyl (C=O) groups is 1. The first-order chi connectivity index (χ1) is 7.74. The van der Waals surface area contributed by atoms with Gasteiger partial charge in [0.05, 0.1) is 22.3 Å². The normalized spacial score (nSPS) is 10.2. The van der Waals surface area contributed by atoms with Crippen LogP contribution in [0.15, 0.2) is 24.1 Å². The fourth-order valence-corrected chi connectivity index (χ4v) is 1.61. The van der Waals surface area contributed by atoms with Crippen molar-refractivity contribution < 1.29 is 9.53 Å². The number of thiazole rings is 1. The van der Waals surface area contributed by atoms with E-state index in [-0.39, 0.29) is 19.1 Å². The van der Waals surface area contributed by atoms with Crippen LogP contribution in [0.4, 0.5) is 5.69 Å². The Balaban J connectivity index is 1.81. The summed E-state index contributed by atoms with van der Waals surface area (Å²) in [6, 6.07) is 0. The zero-order valence-electron chi connectivity index (χ0n) is 8.37. The molecule has 6 nitrogen and oxygen atoms in total. The Morgan fingerprint density at radius 1 is 1.56 bits per heavy atom. The van der Waals surface area contributed by atoms with Crippen molar-refractivity contribution in [2.24, 2.45) is 0 Å². The molecule has 16 heavy (non-hydrogen) atoms. The molecule has 0 fully saturated rings. The minimum Gasteiger partial charge on any atom is -0.459 e. The molecule has 2 rings (SSSR count). The third kappa shape index (κ3) is 2.80. The number of hydrogen-bond donors (Lipinski definition) is 1. The van der Waals surface area contributed by atoms with E-state index in [0.29, 0.717) is 5.69 Å². The van der Waals surface area contributed by atoms with Crippen LogP contribution in [-0.2, 0) is 22.7 Å². The van der Waals surface area contributed by atoms with E-state index in [1.54, 1.807) is 17.9 Å². The second kappa shape index (κ2) is 4.75. The SMILES string of the molecule is Nc1cnn(CC(=O)OCc2cncs2)c1. The van der Waals surface area contributed by atoms with Crippen LogP contribution >= 0.6 is 11.3 Å². The highest BCUT2D eigenvalue weighted by Gasteiger charge is 2.06. The predicted octanol–water partition coefficient (Wildman–Crippen LogP) is 0.665. The first-order valence-corrected chi connectivity index (χ1v) is 5.43. The number of carbonyl (C=O) groups excluding carboxylic acids is 1. The van der Waals surface area contributed by atoms with Gasteiger partial charge in [-0.1, -0.05) is 0 Å². The molecule has 0 aromatic carbocycles. The molecule has 0 aliphatic heterocycles. The molecule has 0 atom stereocenters. The predicted molar refractivity (Wildman–Crippen MR) is 58.5 cm³/mol. The van der Waals surface area contributed by atoms with E-state index < -0.39 is 0 Å². The van der Waals surface area contributed by atoms with E-state index in [2.05, 4.69) is 10.1 Å². The van der Waals surface area contributed by atoms with Gasteiger partial charge in [-0.3, -0.25) is 14.5 Å². The van der Waals surface area contributed by atoms with E-state index >= 15 is 0 Å². The van der Waals surface area contributed by atoms with Gasteiger partial charge in [-0.05, 0) is 0 Å². The molecule has 7 heteroatoms. The third-order valence-electron chi connectivity index (χ3n) is 1.80. The van der Waals surface area contributed by atoms with Crippen LogP contribution in [0.25, 0.3) is 0 Å². The number of hydrogen-bond acceptors (Lipinski definition) is 6. The molecule has 0 aliphatic carbocycles. The van der Waals surface area contributed by atoms with Gasteiger partial charge in [-0.2, -0.15) is 5.10 Å². The largest absolute Gasteiger partial charge is 0.459 e. The van der Waals surface area contributed by atoms with Crippen molar-refractivity contribution in [3.05, 3.63) is 29.0 Å². The summed E-state index contributed by atoms with van der Waals surface area (Å²) in [5.74, 6) is -0.350. The average molecular weight is 238 g/mol. The summed E-state index contributed by atoms with van der Waals surface area (Å²) in [5, 5.41) is 3.88. The Labute approximate surface area is 95.7 Å². The number of nitrogens with two attached hydrogens (primary N) is 1. The Kier molecular flexibility index (Phi) is 3.16. The highest BCUT2D eigenvalue weighted by molar-refractivity contribution is 7.09. The van der Waals surface area contributed by atoms with E-state index in [1.165, 1.54) is 22.2 Å². The first kappa shape index (κ1) is 10.6. The smallest absolute Gasteiger partial charge is 0.328 e. The summed E-state index contributed by atoms with van der Waals surface area (Å²) >= 11 is 1.44. The molecule has 2 aromatic rings. The van der Waals surface area contributed by atoms with Gasteiger partial charge in [0.25, 0.3) is 0 Å². The standard InChI is InChI=1S/C9H10N4O2S/c10-7-1-12-13(3-7)4-9(14)15-5-8-2-11-6-16-8/h1-3,6H,4-5,10H2. The molecule has 0 spiro atoms. The lowest BCUT2D eigenvalue weighted by atomic mass is 10.5. The van der Waals surface area contributed by atoms with Gasteiger partial charge in [0.1, 0.15) is 13.2 Å². The number of nitrogen functional groups attached to an aromatic ring is 1. The second-order valence-electron chi connectivity index (χ2n) is 3.10. The number of rotatable bonds is 4. The van der Waals surface area contributed by atoms with Crippen molar-refractivity contribution in [3.63, 3.8) is 0 Å². The van der Waals surface area contributed by atoms with Gasteiger partial charge >= 0.3 is 5.97 Å². The summed E-state index contributed by atoms with van der Waals surface area (Å²) in [7, 11) is 0. The van der Waals surface area contributed by atoms with E-state index in [1.807, 2.05) is 0 Å². The van der Waals surface area contributed by atoms with Gasteiger partial charge in [0.15, 0.2) is 0 Å². The average Bonchev–Trinajstić information content (AvgIpc) is 2.87. The maximum atomic E-state index is 11.4. The van der Waals surface area contributed by atoms with Crippen LogP contribution in [0.3, 0.4) is 0 Å². The molecule has 2 heterocycles. The molecule has 2 aromatic heterocycles. The molecular formula is C9H10N4O2S. The van der Waals surface area contributed by atoms with Gasteiger partial charge in [-0.25, -0.2) is 0 Å². The minimum atomic E-state index is -0.350. The quantitative estimate of drug-likeness (QED) is 0.791. The van der Waals surface area contributed by atoms with Crippen molar-refractivity contribution in [2.75, 3.05) is 5.73 Å². The molecule has 0 unspecified atom stereocenters. The molecule has 0 saturated heterocycles. The van der Waals surface area contributed by atoms with Gasteiger partial charge in [0.2, 0.25) is 0 Å². The van der Waals surface area contributed by atoms with Crippen LogP contribution in [0.2, 0.25) is 0 Å². The molecule has 0 aliphatic rings. The maximum absolute atomic E-state index is 11.4. The summed E-state index contributed by atoms with van der Waals surface area (Å²) in [4.78, 5) is 16.2. The Morgan fingerprint density at radius 2 is 2.44 bits per heavy atom. The summed E-state index contributed by atoms with van der Waals surface area (Å²) < 4.78 is 6.46. The molecule has 2 N–H and O–H groups in total. The fraction of sp³-hybridized carbons (Fsp3) is 0.222. The summed E-state index contributed by atoms with van der Waals surface area (Å²) in [6.45, 7) is 0.316. The first-order valence-electron chi connectivity index (χ1n) is 4.55. The van der Waals surface area contributed by atoms with Crippen LogP contribution < -0.4 is 5.73 Å². The van der Waals surface area contributed by atoms with Crippen molar-refractivity contribution in [1.29, 1.82) is 0 Å². The van der Waals surface area contributed by atoms with E-state index in [9.17, 15) is 4.79 Å². The van der Waals surface area contributed by atoms with Crippen LogP contribution in [-0.4, -0.2) is 20.7 Å². The highest BCUT2D eigenvalue weighted by atomic mass is 32.1. The number of nitrogens with zero attached hydrogens (tertiary/aromatic N) is 3. The molecule has 0 amide bonds. The Morgan fingerprint density at radius 3 is 3.06 bits per heavy atom. The van der Waals surface area contributed by atoms with Gasteiger partial charge in [-0.15, -0.1) is 11.3 Å². The Bertz CT molecular complexity index is 466. The van der Waals surface area contributed by atoms with Crippen molar-refractivity contribution in [2.45, 2.75) is 13.2 Å². The number of anilines is 1. The Hall–Kier alpha value is -1.89. The van der Waals surface area contributed by atoms with Crippen LogP contribution in [0, 0.1) is 0 Å². The monoisotopic (exact) mass is 238 g/mol. The topological polar surface area (TPSA) is 83.0 Å². The van der Waals surface area contributed by atoms with Crippen LogP contribution in [0.5, 0.6) is 0 Å². The second-order valence-corrected chi connectivity index (χ2v) is 4.07. The zero-order chi connectivity index (χ0) is 11.4. The lowest BCUT2D eigenvalue weighted by Crippen LogP contribution is -2.13. The number of ether oxygens (including phenoxy) is 1. The summed E-state index contributed by atoms with van der Waals surface area (Å²) in [6.07, 6.45) is 4.73. The number of aromatic nitrogens is 3. The van der Waals surface area contributed by atoms with E-state index in [0.717, 1.165) is 4.88 Å². The van der Waals surface area contributed by atoms with Gasteiger partial charge < -0.3 is 10.5 Å². The lowest BCUT2D eigenvalue weighted by molar-refractivity contribution is -0.145. The highest BCUT2D eigenvalue weighted by Crippen LogP contribution is 2.07. The molecule has 0 saturated carbocycles. The van der Waals surface area contributed by atoms with Gasteiger partial charge in [0, 0.05) is 12.4 Å². The van der Waals surface area contributed by atoms with Crippen molar-refractivity contribution in [1.82, 2.24) is 14.8 Å². The molecule has 0 radical (unpaired) electrons. The summed E-state index contributed by atoms with van der Waals surface area (Å²) in [5.41, 5.74) is 7.68. The molecular weight excluding hydrogens is 228 g/mol. The lowest BCUT2D eigenvalue weighted by Gasteiger charge is -2.02.